The largest absolute Gasteiger partial charge is 0.399 e. The fourth-order valence-corrected chi connectivity index (χ4v) is 10.9. The Morgan fingerprint density at radius 2 is 0.855 bits per heavy atom. The van der Waals surface area contributed by atoms with E-state index in [9.17, 15) is 38.4 Å². The summed E-state index contributed by atoms with van der Waals surface area (Å²) in [6.45, 7) is 18.4. The van der Waals surface area contributed by atoms with E-state index in [0.717, 1.165) is 64.2 Å². The molecule has 0 bridgehead atoms. The molecule has 1 aromatic rings. The van der Waals surface area contributed by atoms with E-state index in [1.807, 2.05) is 55.4 Å². The highest BCUT2D eigenvalue weighted by atomic mass is 35.5. The van der Waals surface area contributed by atoms with Crippen molar-refractivity contribution in [3.63, 3.8) is 0 Å². The number of nitrogen functional groups attached to an aromatic ring is 1. The molecule has 19 nitrogen and oxygen atoms in total. The maximum Gasteiger partial charge on any atom is 0.251 e. The van der Waals surface area contributed by atoms with Gasteiger partial charge in [-0.2, -0.15) is 0 Å². The Kier molecular flexibility index (Phi) is 26.3. The maximum absolute atomic E-state index is 14.6. The second-order valence-electron chi connectivity index (χ2n) is 23.7. The van der Waals surface area contributed by atoms with Gasteiger partial charge in [0, 0.05) is 54.1 Å². The van der Waals surface area contributed by atoms with Gasteiger partial charge in [-0.1, -0.05) is 80.1 Å². The summed E-state index contributed by atoms with van der Waals surface area (Å²) in [4.78, 5) is 115. The van der Waals surface area contributed by atoms with E-state index in [2.05, 4.69) is 42.5 Å². The first kappa shape index (κ1) is 67.7. The van der Waals surface area contributed by atoms with E-state index >= 15 is 0 Å². The third kappa shape index (κ3) is 17.8. The minimum atomic E-state index is -0.987. The first-order valence-electron chi connectivity index (χ1n) is 26.9. The Morgan fingerprint density at radius 1 is 0.526 bits per heavy atom. The number of halogens is 3. The number of rotatable bonds is 18. The molecule has 22 heteroatoms. The standard InChI is InChI=1S/C54H89N11O8.3ClH/c1-30(34-19-15-13-16-20-34)58-49(70)41-26-39(28-64(41)51(72)43(53(5,6)7)62-45(66)32(3)56-11)60-47(68)36-23-37(25-38(55)24-36)48(69)61-40-27-42(50(71)59-31(2)35-21-17-14-18-22-35)65(29-40)52(73)44(54(8,9)10)63-46(67)33(4)57-12;;;/h23-25,30-35,39-44,56-57H,13-22,26-29,55H2,1-12H3,(H,58,70)(H,59,71)(H,60,68)(H,61,69)(H,62,66)(H,63,67);3*1H/t30-,31-,32+,33+,39+,40+,41+,42+,43-,44-;;;/m1.../s1. The first-order chi connectivity index (χ1) is 34.2. The summed E-state index contributed by atoms with van der Waals surface area (Å²) in [6.07, 6.45) is 10.9. The number of likely N-dealkylation sites (tertiary alicyclic amines) is 2. The van der Waals surface area contributed by atoms with Crippen LogP contribution in [0.1, 0.15) is 167 Å². The van der Waals surface area contributed by atoms with E-state index in [-0.39, 0.29) is 116 Å². The topological polar surface area (TPSA) is 265 Å². The molecule has 1 aromatic carbocycles. The van der Waals surface area contributed by atoms with Gasteiger partial charge in [0.25, 0.3) is 11.8 Å². The van der Waals surface area contributed by atoms with Crippen LogP contribution < -0.4 is 48.3 Å². The lowest BCUT2D eigenvalue weighted by Gasteiger charge is -2.36. The molecule has 4 fully saturated rings. The average molecular weight is 1130 g/mol. The molecular formula is C54H92Cl3N11O8. The molecule has 2 saturated heterocycles. The zero-order chi connectivity index (χ0) is 54.1. The highest BCUT2D eigenvalue weighted by Gasteiger charge is 2.48. The van der Waals surface area contributed by atoms with Gasteiger partial charge in [-0.25, -0.2) is 0 Å². The van der Waals surface area contributed by atoms with Crippen molar-refractivity contribution in [2.24, 2.45) is 22.7 Å². The predicted octanol–water partition coefficient (Wildman–Crippen LogP) is 4.38. The molecule has 0 spiro atoms. The third-order valence-electron chi connectivity index (χ3n) is 15.8. The van der Waals surface area contributed by atoms with Crippen molar-refractivity contribution in [3.05, 3.63) is 29.3 Å². The number of likely N-dealkylation sites (N-methyl/N-ethyl adjacent to an activating group) is 2. The van der Waals surface area contributed by atoms with E-state index < -0.39 is 82.8 Å². The third-order valence-corrected chi connectivity index (χ3v) is 15.8. The number of anilines is 1. The Balaban J connectivity index is 0.00000659. The van der Waals surface area contributed by atoms with Crippen LogP contribution in [0.15, 0.2) is 18.2 Å². The summed E-state index contributed by atoms with van der Waals surface area (Å²) < 4.78 is 0. The minimum Gasteiger partial charge on any atom is -0.399 e. The number of nitrogens with zero attached hydrogens (tertiary/aromatic N) is 2. The second-order valence-corrected chi connectivity index (χ2v) is 23.7. The average Bonchev–Trinajstić information content (AvgIpc) is 3.98. The van der Waals surface area contributed by atoms with Crippen molar-refractivity contribution in [1.82, 2.24) is 52.3 Å². The van der Waals surface area contributed by atoms with E-state index in [1.165, 1.54) is 28.0 Å². The van der Waals surface area contributed by atoms with Gasteiger partial charge in [0.05, 0.1) is 12.1 Å². The molecule has 2 saturated carbocycles. The first-order valence-corrected chi connectivity index (χ1v) is 26.9. The number of carbonyl (C=O) groups excluding carboxylic acids is 8. The summed E-state index contributed by atoms with van der Waals surface area (Å²) in [6, 6.07) is -2.36. The van der Waals surface area contributed by atoms with Crippen molar-refractivity contribution in [1.29, 1.82) is 0 Å². The summed E-state index contributed by atoms with van der Waals surface area (Å²) >= 11 is 0. The molecule has 0 radical (unpaired) electrons. The van der Waals surface area contributed by atoms with Gasteiger partial charge in [0.2, 0.25) is 35.4 Å². The number of carbonyl (C=O) groups is 8. The smallest absolute Gasteiger partial charge is 0.251 e. The fraction of sp³-hybridized carbons (Fsp3) is 0.741. The van der Waals surface area contributed by atoms with Crippen molar-refractivity contribution in [2.45, 2.75) is 207 Å². The summed E-state index contributed by atoms with van der Waals surface area (Å²) in [5.41, 5.74) is 5.15. The van der Waals surface area contributed by atoms with Gasteiger partial charge >= 0.3 is 0 Å². The lowest BCUT2D eigenvalue weighted by Crippen LogP contribution is -2.60. The molecule has 76 heavy (non-hydrogen) atoms. The fourth-order valence-electron chi connectivity index (χ4n) is 10.9. The normalized spacial score (nSPS) is 22.6. The number of hydrogen-bond acceptors (Lipinski definition) is 11. The number of nitrogens with one attached hydrogen (secondary N) is 8. The molecule has 10 atom stereocenters. The van der Waals surface area contributed by atoms with Gasteiger partial charge in [0.15, 0.2) is 0 Å². The lowest BCUT2D eigenvalue weighted by atomic mass is 9.84. The van der Waals surface area contributed by atoms with Crippen LogP contribution in [0.5, 0.6) is 0 Å². The summed E-state index contributed by atoms with van der Waals surface area (Å²) in [5.74, 6) is -2.83. The number of hydrogen-bond donors (Lipinski definition) is 9. The Bertz CT molecular complexity index is 2020. The van der Waals surface area contributed by atoms with Crippen molar-refractivity contribution < 1.29 is 38.4 Å². The van der Waals surface area contributed by atoms with Crippen molar-refractivity contribution in [2.75, 3.05) is 32.9 Å². The van der Waals surface area contributed by atoms with Crippen LogP contribution in [0.25, 0.3) is 0 Å². The number of nitrogens with two attached hydrogens (primary N) is 1. The van der Waals surface area contributed by atoms with E-state index in [4.69, 9.17) is 5.73 Å². The van der Waals surface area contributed by atoms with Crippen LogP contribution in [0.2, 0.25) is 0 Å². The monoisotopic (exact) mass is 1130 g/mol. The van der Waals surface area contributed by atoms with Crippen LogP contribution >= 0.6 is 37.2 Å². The van der Waals surface area contributed by atoms with E-state index in [0.29, 0.717) is 11.8 Å². The van der Waals surface area contributed by atoms with Crippen LogP contribution in [0, 0.1) is 22.7 Å². The highest BCUT2D eigenvalue weighted by molar-refractivity contribution is 6.02. The van der Waals surface area contributed by atoms with Crippen LogP contribution in [-0.4, -0.2) is 145 Å². The SMILES string of the molecule is CN[C@@H](C)C(=O)N[C@H](C(=O)N1C[C@@H](NC(=O)c2cc(N)cc(C(=O)N[C@H]3C[C@@H](C(=O)N[C@H](C)C4CCCCC4)N(C(=O)[C@@H](NC(=O)[C@H](C)NC)C(C)(C)C)C3)c2)C[C@H]1C(=O)N[C@H](C)C1CCCCC1)C(C)(C)C.Cl.Cl.Cl. The molecule has 5 rings (SSSR count). The van der Waals surface area contributed by atoms with Crippen LogP contribution in [0.4, 0.5) is 5.69 Å². The van der Waals surface area contributed by atoms with Crippen LogP contribution in [0.3, 0.4) is 0 Å². The quantitative estimate of drug-likeness (QED) is 0.0932. The molecule has 2 aliphatic heterocycles. The number of benzene rings is 1. The van der Waals surface area contributed by atoms with Gasteiger partial charge in [-0.3, -0.25) is 38.4 Å². The predicted molar refractivity (Wildman–Crippen MR) is 304 cm³/mol. The Labute approximate surface area is 470 Å². The molecule has 432 valence electrons. The van der Waals surface area contributed by atoms with Crippen LogP contribution in [-0.2, 0) is 28.8 Å². The van der Waals surface area contributed by atoms with Gasteiger partial charge in [-0.05, 0) is 121 Å². The Morgan fingerprint density at radius 3 is 1.16 bits per heavy atom. The minimum absolute atomic E-state index is 0. The summed E-state index contributed by atoms with van der Waals surface area (Å²) in [7, 11) is 3.30. The van der Waals surface area contributed by atoms with E-state index in [1.54, 1.807) is 27.9 Å². The Hall–Kier alpha value is -4.43. The zero-order valence-electron chi connectivity index (χ0n) is 47.0. The molecule has 0 unspecified atom stereocenters. The van der Waals surface area contributed by atoms with Crippen molar-refractivity contribution >= 4 is 90.2 Å². The zero-order valence-corrected chi connectivity index (χ0v) is 49.5. The molecule has 10 N–H and O–H groups in total. The van der Waals surface area contributed by atoms with Crippen molar-refractivity contribution in [3.8, 4) is 0 Å². The molecule has 0 aromatic heterocycles. The van der Waals surface area contributed by atoms with Gasteiger partial charge in [-0.15, -0.1) is 37.2 Å². The molecule has 8 amide bonds. The highest BCUT2D eigenvalue weighted by Crippen LogP contribution is 2.32. The number of amides is 8. The van der Waals surface area contributed by atoms with Gasteiger partial charge < -0.3 is 58.1 Å². The molecule has 2 aliphatic carbocycles. The lowest BCUT2D eigenvalue weighted by molar-refractivity contribution is -0.144. The molecule has 4 aliphatic rings. The summed E-state index contributed by atoms with van der Waals surface area (Å²) in [5, 5.41) is 24.0. The maximum atomic E-state index is 14.6. The van der Waals surface area contributed by atoms with Gasteiger partial charge in [0.1, 0.15) is 24.2 Å². The second kappa shape index (κ2) is 29.5. The molecular weight excluding hydrogens is 1040 g/mol. The molecule has 2 heterocycles.